The summed E-state index contributed by atoms with van der Waals surface area (Å²) in [5.74, 6) is 0. The molecule has 4 heteroatoms. The summed E-state index contributed by atoms with van der Waals surface area (Å²) < 4.78 is 0. The molecule has 0 heterocycles. The standard InChI is InChI=1S/C21H25.C7H9.C2H6Si.2ClH.Ti/c1-20(2,3)16-7-9-18-14(12-16)11-15-13-17(21(4,5)6)8-10-19(15)18;1-2-7-5-3-4-6-7;1-3-2;;;/h7-13H,1-6H3;3,5H,2,4H2,1H3;1-2H3;2*1H;/q2*-1;;;;+2. The molecule has 1 aliphatic rings. The molecule has 0 N–H and O–H groups in total. The van der Waals surface area contributed by atoms with Crippen LogP contribution in [0.5, 0.6) is 0 Å². The van der Waals surface area contributed by atoms with Gasteiger partial charge < -0.3 is 0 Å². The molecule has 0 spiro atoms. The maximum atomic E-state index is 3.21. The van der Waals surface area contributed by atoms with E-state index in [0.717, 1.165) is 12.8 Å². The number of benzene rings is 2. The number of halogens is 2. The van der Waals surface area contributed by atoms with Gasteiger partial charge in [-0.05, 0) is 10.8 Å². The number of hydrogen-bond acceptors (Lipinski definition) is 0. The van der Waals surface area contributed by atoms with E-state index in [1.807, 2.05) is 0 Å². The van der Waals surface area contributed by atoms with E-state index < -0.39 is 0 Å². The average molecular weight is 550 g/mol. The van der Waals surface area contributed by atoms with E-state index in [-0.39, 0.29) is 41.8 Å². The summed E-state index contributed by atoms with van der Waals surface area (Å²) in [5.41, 5.74) is 4.57. The van der Waals surface area contributed by atoms with E-state index in [1.54, 1.807) is 0 Å². The Morgan fingerprint density at radius 3 is 1.53 bits per heavy atom. The van der Waals surface area contributed by atoms with Crippen LogP contribution in [0.4, 0.5) is 0 Å². The van der Waals surface area contributed by atoms with Gasteiger partial charge in [0.1, 0.15) is 0 Å². The zero-order chi connectivity index (χ0) is 24.1. The Morgan fingerprint density at radius 2 is 1.26 bits per heavy atom. The van der Waals surface area contributed by atoms with Crippen LogP contribution in [0.3, 0.4) is 0 Å². The van der Waals surface area contributed by atoms with Crippen LogP contribution in [0.1, 0.15) is 72.4 Å². The first-order valence-corrected chi connectivity index (χ1v) is 16.6. The van der Waals surface area contributed by atoms with Gasteiger partial charge in [-0.15, -0.1) is 71.0 Å². The van der Waals surface area contributed by atoms with Gasteiger partial charge in [-0.25, -0.2) is 11.6 Å². The Kier molecular flexibility index (Phi) is 13.9. The first-order chi connectivity index (χ1) is 14.8. The minimum absolute atomic E-state index is 0. The molecule has 0 amide bonds. The fourth-order valence-corrected chi connectivity index (χ4v) is 3.65. The summed E-state index contributed by atoms with van der Waals surface area (Å²) in [7, 11) is 0. The van der Waals surface area contributed by atoms with Crippen molar-refractivity contribution in [2.75, 3.05) is 0 Å². The second-order valence-electron chi connectivity index (χ2n) is 10.9. The van der Waals surface area contributed by atoms with Crippen LogP contribution in [0.25, 0.3) is 21.5 Å². The molecule has 0 bridgehead atoms. The first-order valence-electron chi connectivity index (χ1n) is 11.7. The fraction of sp³-hybridized carbons (Fsp3) is 0.433. The van der Waals surface area contributed by atoms with Crippen LogP contribution in [-0.2, 0) is 30.0 Å². The third-order valence-corrected chi connectivity index (χ3v) is 5.58. The van der Waals surface area contributed by atoms with Crippen molar-refractivity contribution in [3.63, 3.8) is 0 Å². The quantitative estimate of drug-likeness (QED) is 0.209. The maximum absolute atomic E-state index is 3.21. The van der Waals surface area contributed by atoms with Gasteiger partial charge in [0.2, 0.25) is 0 Å². The van der Waals surface area contributed by atoms with Crippen molar-refractivity contribution in [1.29, 1.82) is 0 Å². The van der Waals surface area contributed by atoms with Crippen molar-refractivity contribution in [2.45, 2.75) is 85.2 Å². The summed E-state index contributed by atoms with van der Waals surface area (Å²) in [6, 6.07) is 16.2. The molecule has 0 aliphatic heterocycles. The van der Waals surface area contributed by atoms with Crippen molar-refractivity contribution < 1.29 is 19.2 Å². The van der Waals surface area contributed by atoms with Crippen molar-refractivity contribution in [3.05, 3.63) is 77.4 Å². The van der Waals surface area contributed by atoms with Gasteiger partial charge in [0.15, 0.2) is 0 Å². The summed E-state index contributed by atoms with van der Waals surface area (Å²) in [6.45, 7) is 20.3. The van der Waals surface area contributed by atoms with Crippen LogP contribution in [0.2, 0.25) is 13.1 Å². The molecular formula is C30H42Cl2SiTi. The molecule has 3 aromatic rings. The normalized spacial score (nSPS) is 12.6. The van der Waals surface area contributed by atoms with Crippen molar-refractivity contribution in [1.82, 2.24) is 0 Å². The first kappa shape index (κ1) is 33.3. The van der Waals surface area contributed by atoms with Crippen LogP contribution < -0.4 is 0 Å². The topological polar surface area (TPSA) is 0 Å². The predicted molar refractivity (Wildman–Crippen MR) is 157 cm³/mol. The van der Waals surface area contributed by atoms with Crippen LogP contribution in [-0.4, -0.2) is 6.19 Å². The minimum Gasteiger partial charge on any atom is -0.147 e. The second kappa shape index (κ2) is 14.1. The van der Waals surface area contributed by atoms with Gasteiger partial charge in [0.25, 0.3) is 0 Å². The fourth-order valence-electron chi connectivity index (χ4n) is 3.65. The molecule has 0 aromatic heterocycles. The minimum atomic E-state index is 0. The molecule has 0 nitrogen and oxygen atoms in total. The number of allylic oxidation sites excluding steroid dienone is 4. The van der Waals surface area contributed by atoms with Gasteiger partial charge in [0.05, 0.1) is 0 Å². The third-order valence-electron chi connectivity index (χ3n) is 5.58. The Bertz CT molecular complexity index is 1070. The molecule has 0 atom stereocenters. The smallest absolute Gasteiger partial charge is 0.147 e. The molecule has 4 rings (SSSR count). The largest absolute Gasteiger partial charge is 0.147 e. The SMILES string of the molecule is CC(C)(C)c1ccc2c(c1)[cH-]c1cc(C(C)(C)C)ccc12.CCC1=[C-]CC=C1.C[Si](C)=[Ti+2].Cl.Cl. The summed E-state index contributed by atoms with van der Waals surface area (Å²) in [6.07, 6.45) is 9.78. The monoisotopic (exact) mass is 548 g/mol. The predicted octanol–water partition coefficient (Wildman–Crippen LogP) is 10.0. The third kappa shape index (κ3) is 9.75. The molecule has 1 aliphatic carbocycles. The number of fused-ring (bicyclic) bond motifs is 3. The summed E-state index contributed by atoms with van der Waals surface area (Å²) >= 11 is 2.27. The van der Waals surface area contributed by atoms with Crippen molar-refractivity contribution in [3.8, 4) is 0 Å². The van der Waals surface area contributed by atoms with Gasteiger partial charge >= 0.3 is 38.5 Å². The average Bonchev–Trinajstić information content (AvgIpc) is 3.33. The van der Waals surface area contributed by atoms with Crippen LogP contribution in [0.15, 0.2) is 60.2 Å². The van der Waals surface area contributed by atoms with Gasteiger partial charge in [-0.3, -0.25) is 6.08 Å². The molecule has 0 saturated heterocycles. The zero-order valence-corrected chi connectivity index (χ0v) is 26.6. The summed E-state index contributed by atoms with van der Waals surface area (Å²) in [4.78, 5) is 0. The van der Waals surface area contributed by atoms with E-state index in [0.29, 0.717) is 0 Å². The maximum Gasteiger partial charge on any atom is -0.147 e. The molecular weight excluding hydrogens is 507 g/mol. The Hall–Kier alpha value is -0.699. The molecule has 0 fully saturated rings. The Morgan fingerprint density at radius 1 is 0.853 bits per heavy atom. The van der Waals surface area contributed by atoms with E-state index >= 15 is 0 Å². The van der Waals surface area contributed by atoms with E-state index in [2.05, 4.69) is 141 Å². The van der Waals surface area contributed by atoms with E-state index in [9.17, 15) is 0 Å². The van der Waals surface area contributed by atoms with Gasteiger partial charge in [-0.1, -0.05) is 90.3 Å². The van der Waals surface area contributed by atoms with E-state index in [1.165, 1.54) is 38.2 Å². The second-order valence-corrected chi connectivity index (χ2v) is 17.6. The van der Waals surface area contributed by atoms with Crippen LogP contribution in [0, 0.1) is 6.08 Å². The number of rotatable bonds is 1. The molecule has 3 aromatic carbocycles. The van der Waals surface area contributed by atoms with Crippen molar-refractivity contribution in [2.24, 2.45) is 0 Å². The van der Waals surface area contributed by atoms with Crippen molar-refractivity contribution >= 4 is 52.5 Å². The molecule has 34 heavy (non-hydrogen) atoms. The molecule has 184 valence electrons. The Labute approximate surface area is 233 Å². The Balaban J connectivity index is 0.000000702. The van der Waals surface area contributed by atoms with Gasteiger partial charge in [-0.2, -0.15) is 6.08 Å². The molecule has 0 radical (unpaired) electrons. The zero-order valence-electron chi connectivity index (χ0n) is 22.4. The summed E-state index contributed by atoms with van der Waals surface area (Å²) in [5, 5.41) is 5.48. The number of hydrogen-bond donors (Lipinski definition) is 0. The van der Waals surface area contributed by atoms with Crippen LogP contribution >= 0.6 is 24.8 Å². The molecule has 0 saturated carbocycles. The van der Waals surface area contributed by atoms with E-state index in [4.69, 9.17) is 0 Å². The molecule has 0 unspecified atom stereocenters. The van der Waals surface area contributed by atoms with Gasteiger partial charge in [0, 0.05) is 0 Å².